The average molecular weight is 488 g/mol. The Bertz CT molecular complexity index is 1290. The highest BCUT2D eigenvalue weighted by atomic mass is 16.3. The molecule has 2 N–H and O–H groups in total. The molecule has 8 nitrogen and oxygen atoms in total. The van der Waals surface area contributed by atoms with Gasteiger partial charge in [-0.3, -0.25) is 9.59 Å². The second kappa shape index (κ2) is 11.2. The molecule has 4 aromatic rings. The van der Waals surface area contributed by atoms with E-state index in [9.17, 15) is 9.59 Å². The van der Waals surface area contributed by atoms with Gasteiger partial charge in [0.15, 0.2) is 5.76 Å². The lowest BCUT2D eigenvalue weighted by atomic mass is 10.1. The van der Waals surface area contributed by atoms with E-state index in [0.717, 1.165) is 41.1 Å². The number of fused-ring (bicyclic) bond motifs is 1. The topological polar surface area (TPSA) is 94.5 Å². The number of nitrogens with zero attached hydrogens (tertiary/aromatic N) is 3. The minimum Gasteiger partial charge on any atom is -0.451 e. The second-order valence-corrected chi connectivity index (χ2v) is 9.10. The summed E-state index contributed by atoms with van der Waals surface area (Å²) < 4.78 is 5.80. The molecular weight excluding hydrogens is 454 g/mol. The number of hydrogen-bond acceptors (Lipinski definition) is 5. The van der Waals surface area contributed by atoms with Crippen LogP contribution in [0.2, 0.25) is 0 Å². The van der Waals surface area contributed by atoms with Crippen LogP contribution in [0, 0.1) is 0 Å². The number of aromatic nitrogens is 2. The van der Waals surface area contributed by atoms with Crippen LogP contribution < -0.4 is 10.2 Å². The molecule has 8 heteroatoms. The number of carbonyl (C=O) groups excluding carboxylic acids is 2. The van der Waals surface area contributed by atoms with Gasteiger partial charge in [0.05, 0.1) is 17.1 Å². The summed E-state index contributed by atoms with van der Waals surface area (Å²) in [5.74, 6) is 1.39. The third-order valence-corrected chi connectivity index (χ3v) is 6.03. The highest BCUT2D eigenvalue weighted by molar-refractivity contribution is 5.94. The number of anilines is 1. The van der Waals surface area contributed by atoms with Gasteiger partial charge in [0, 0.05) is 30.8 Å². The first-order chi connectivity index (χ1) is 17.4. The van der Waals surface area contributed by atoms with Crippen molar-refractivity contribution in [2.75, 3.05) is 32.1 Å². The fraction of sp³-hybridized carbons (Fsp3) is 0.321. The summed E-state index contributed by atoms with van der Waals surface area (Å²) in [5.41, 5.74) is 3.41. The zero-order chi connectivity index (χ0) is 25.7. The number of amides is 2. The average Bonchev–Trinajstić information content (AvgIpc) is 3.52. The van der Waals surface area contributed by atoms with E-state index in [2.05, 4.69) is 10.3 Å². The molecule has 0 saturated heterocycles. The number of nitrogens with one attached hydrogen (secondary N) is 2. The molecule has 0 radical (unpaired) electrons. The second-order valence-electron chi connectivity index (χ2n) is 9.10. The molecule has 1 atom stereocenters. The predicted octanol–water partition coefficient (Wildman–Crippen LogP) is 5.01. The maximum atomic E-state index is 13.2. The van der Waals surface area contributed by atoms with Crippen LogP contribution >= 0.6 is 0 Å². The van der Waals surface area contributed by atoms with Gasteiger partial charge in [-0.1, -0.05) is 19.1 Å². The van der Waals surface area contributed by atoms with E-state index in [-0.39, 0.29) is 23.6 Å². The Hall–Kier alpha value is -3.91. The number of likely N-dealkylation sites (N-methyl/N-ethyl adjacent to an activating group) is 1. The summed E-state index contributed by atoms with van der Waals surface area (Å²) in [6.45, 7) is 5.27. The van der Waals surface area contributed by atoms with Gasteiger partial charge in [-0.05, 0) is 76.0 Å². The Morgan fingerprint density at radius 3 is 2.50 bits per heavy atom. The minimum atomic E-state index is -0.275. The molecule has 2 heterocycles. The SMILES string of the molecule is CCCC(=O)N(c1ccc(-c2ccc(C(=O)NCCN(C)C)o2)cc1)C(C)c1nc2ccccc2[nH]1. The third kappa shape index (κ3) is 5.66. The third-order valence-electron chi connectivity index (χ3n) is 6.03. The van der Waals surface area contributed by atoms with Gasteiger partial charge in [0.25, 0.3) is 5.91 Å². The number of H-pyrrole nitrogens is 1. The van der Waals surface area contributed by atoms with Crippen LogP contribution in [0.25, 0.3) is 22.4 Å². The van der Waals surface area contributed by atoms with Crippen molar-refractivity contribution in [3.8, 4) is 11.3 Å². The Kier molecular flexibility index (Phi) is 7.85. The largest absolute Gasteiger partial charge is 0.451 e. The number of para-hydroxylation sites is 2. The zero-order valence-corrected chi connectivity index (χ0v) is 21.2. The van der Waals surface area contributed by atoms with Gasteiger partial charge < -0.3 is 24.5 Å². The number of carbonyl (C=O) groups is 2. The molecule has 4 rings (SSSR count). The van der Waals surface area contributed by atoms with Gasteiger partial charge in [-0.2, -0.15) is 0 Å². The molecule has 0 spiro atoms. The van der Waals surface area contributed by atoms with E-state index in [0.29, 0.717) is 18.7 Å². The van der Waals surface area contributed by atoms with Crippen LogP contribution in [0.5, 0.6) is 0 Å². The van der Waals surface area contributed by atoms with Gasteiger partial charge in [0.1, 0.15) is 11.6 Å². The van der Waals surface area contributed by atoms with E-state index in [1.807, 2.05) is 81.4 Å². The summed E-state index contributed by atoms with van der Waals surface area (Å²) in [7, 11) is 3.91. The van der Waals surface area contributed by atoms with Crippen molar-refractivity contribution in [2.45, 2.75) is 32.7 Å². The van der Waals surface area contributed by atoms with E-state index < -0.39 is 0 Å². The van der Waals surface area contributed by atoms with E-state index in [1.54, 1.807) is 17.0 Å². The van der Waals surface area contributed by atoms with Crippen molar-refractivity contribution >= 4 is 28.5 Å². The molecule has 2 aromatic carbocycles. The van der Waals surface area contributed by atoms with E-state index in [1.165, 1.54) is 0 Å². The first-order valence-electron chi connectivity index (χ1n) is 12.3. The molecule has 188 valence electrons. The Morgan fingerprint density at radius 1 is 1.06 bits per heavy atom. The van der Waals surface area contributed by atoms with Gasteiger partial charge in [0.2, 0.25) is 5.91 Å². The number of furan rings is 1. The normalized spacial score (nSPS) is 12.1. The summed E-state index contributed by atoms with van der Waals surface area (Å²) in [6, 6.07) is 18.6. The molecule has 0 bridgehead atoms. The highest BCUT2D eigenvalue weighted by Crippen LogP contribution is 2.31. The van der Waals surface area contributed by atoms with E-state index >= 15 is 0 Å². The van der Waals surface area contributed by atoms with Crippen LogP contribution in [0.1, 0.15) is 49.1 Å². The maximum absolute atomic E-state index is 13.2. The number of rotatable bonds is 10. The van der Waals surface area contributed by atoms with Crippen molar-refractivity contribution < 1.29 is 14.0 Å². The summed E-state index contributed by atoms with van der Waals surface area (Å²) in [4.78, 5) is 37.4. The molecule has 2 amide bonds. The molecule has 0 aliphatic rings. The Labute approximate surface area is 211 Å². The maximum Gasteiger partial charge on any atom is 0.287 e. The number of imidazole rings is 1. The molecule has 1 unspecified atom stereocenters. The Balaban J connectivity index is 1.54. The standard InChI is InChI=1S/C28H33N5O3/c1-5-8-26(34)33(19(2)27-30-22-9-6-7-10-23(22)31-27)21-13-11-20(12-14-21)24-15-16-25(36-24)28(35)29-17-18-32(3)4/h6-7,9-16,19H,5,8,17-18H2,1-4H3,(H,29,35)(H,30,31). The smallest absolute Gasteiger partial charge is 0.287 e. The monoisotopic (exact) mass is 487 g/mol. The van der Waals surface area contributed by atoms with Crippen LogP contribution in [0.4, 0.5) is 5.69 Å². The van der Waals surface area contributed by atoms with Crippen molar-refractivity contribution in [1.29, 1.82) is 0 Å². The molecule has 0 aliphatic heterocycles. The lowest BCUT2D eigenvalue weighted by Crippen LogP contribution is -2.33. The van der Waals surface area contributed by atoms with Crippen molar-refractivity contribution in [2.24, 2.45) is 0 Å². The number of hydrogen-bond donors (Lipinski definition) is 2. The lowest BCUT2D eigenvalue weighted by molar-refractivity contribution is -0.119. The highest BCUT2D eigenvalue weighted by Gasteiger charge is 2.25. The predicted molar refractivity (Wildman–Crippen MR) is 142 cm³/mol. The van der Waals surface area contributed by atoms with Crippen LogP contribution in [0.3, 0.4) is 0 Å². The molecule has 0 fully saturated rings. The molecule has 2 aromatic heterocycles. The van der Waals surface area contributed by atoms with Crippen LogP contribution in [-0.2, 0) is 4.79 Å². The number of aromatic amines is 1. The summed E-state index contributed by atoms with van der Waals surface area (Å²) >= 11 is 0. The zero-order valence-electron chi connectivity index (χ0n) is 21.2. The van der Waals surface area contributed by atoms with Crippen LogP contribution in [-0.4, -0.2) is 53.9 Å². The van der Waals surface area contributed by atoms with Crippen molar-refractivity contribution in [3.05, 3.63) is 72.2 Å². The fourth-order valence-electron chi connectivity index (χ4n) is 4.09. The minimum absolute atomic E-state index is 0.0351. The van der Waals surface area contributed by atoms with Crippen LogP contribution in [0.15, 0.2) is 65.1 Å². The van der Waals surface area contributed by atoms with Crippen molar-refractivity contribution in [3.63, 3.8) is 0 Å². The molecular formula is C28H33N5O3. The molecule has 0 aliphatic carbocycles. The Morgan fingerprint density at radius 2 is 1.81 bits per heavy atom. The van der Waals surface area contributed by atoms with Gasteiger partial charge in [-0.15, -0.1) is 0 Å². The molecule has 0 saturated carbocycles. The van der Waals surface area contributed by atoms with Gasteiger partial charge in [-0.25, -0.2) is 4.98 Å². The first-order valence-corrected chi connectivity index (χ1v) is 12.3. The van der Waals surface area contributed by atoms with Crippen molar-refractivity contribution in [1.82, 2.24) is 20.2 Å². The number of benzene rings is 2. The fourth-order valence-corrected chi connectivity index (χ4v) is 4.09. The molecule has 36 heavy (non-hydrogen) atoms. The summed E-state index contributed by atoms with van der Waals surface area (Å²) in [6.07, 6.45) is 1.20. The lowest BCUT2D eigenvalue weighted by Gasteiger charge is -2.28. The summed E-state index contributed by atoms with van der Waals surface area (Å²) in [5, 5.41) is 2.85. The quantitative estimate of drug-likeness (QED) is 0.328. The van der Waals surface area contributed by atoms with E-state index in [4.69, 9.17) is 9.40 Å². The van der Waals surface area contributed by atoms with Gasteiger partial charge >= 0.3 is 0 Å². The first kappa shape index (κ1) is 25.2.